The molecule has 0 fully saturated rings. The van der Waals surface area contributed by atoms with Crippen molar-refractivity contribution in [3.8, 4) is 11.5 Å². The lowest BCUT2D eigenvalue weighted by atomic mass is 10.2. The minimum atomic E-state index is -3.93. The van der Waals surface area contributed by atoms with Gasteiger partial charge in [-0.05, 0) is 50.2 Å². The Hall–Kier alpha value is -2.65. The largest absolute Gasteiger partial charge is 0.494 e. The van der Waals surface area contributed by atoms with E-state index in [-0.39, 0.29) is 4.90 Å². The molecule has 2 aromatic carbocycles. The van der Waals surface area contributed by atoms with Gasteiger partial charge in [-0.25, -0.2) is 12.8 Å². The van der Waals surface area contributed by atoms with Crippen molar-refractivity contribution in [2.24, 2.45) is 0 Å². The Morgan fingerprint density at radius 2 is 1.71 bits per heavy atom. The van der Waals surface area contributed by atoms with E-state index in [0.717, 1.165) is 28.6 Å². The smallest absolute Gasteiger partial charge is 0.243 e. The molecule has 0 spiro atoms. The molecule has 0 saturated carbocycles. The van der Waals surface area contributed by atoms with Gasteiger partial charge in [-0.1, -0.05) is 0 Å². The summed E-state index contributed by atoms with van der Waals surface area (Å²) in [5.41, 5.74) is 0.380. The van der Waals surface area contributed by atoms with Crippen LogP contribution in [0.25, 0.3) is 0 Å². The fourth-order valence-corrected chi connectivity index (χ4v) is 3.54. The Labute approximate surface area is 164 Å². The quantitative estimate of drug-likeness (QED) is 0.687. The summed E-state index contributed by atoms with van der Waals surface area (Å²) < 4.78 is 49.9. The molecule has 2 aromatic rings. The highest BCUT2D eigenvalue weighted by Crippen LogP contribution is 2.29. The fraction of sp³-hybridized carbons (Fsp3) is 0.316. The first-order valence-corrected chi connectivity index (χ1v) is 10.1. The molecule has 9 heteroatoms. The highest BCUT2D eigenvalue weighted by Gasteiger charge is 2.23. The van der Waals surface area contributed by atoms with Crippen molar-refractivity contribution in [3.63, 3.8) is 0 Å². The zero-order chi connectivity index (χ0) is 20.7. The number of likely N-dealkylation sites (N-methyl/N-ethyl adjacent to an activating group) is 1. The minimum Gasteiger partial charge on any atom is -0.494 e. The maximum Gasteiger partial charge on any atom is 0.243 e. The lowest BCUT2D eigenvalue weighted by Crippen LogP contribution is -2.35. The molecular weight excluding hydrogens is 387 g/mol. The number of ether oxygens (including phenoxy) is 2. The van der Waals surface area contributed by atoms with Crippen molar-refractivity contribution in [2.75, 3.05) is 32.1 Å². The third-order valence-corrected chi connectivity index (χ3v) is 5.54. The van der Waals surface area contributed by atoms with Crippen molar-refractivity contribution >= 4 is 21.6 Å². The molecule has 0 radical (unpaired) electrons. The van der Waals surface area contributed by atoms with Gasteiger partial charge in [-0.2, -0.15) is 4.31 Å². The van der Waals surface area contributed by atoms with Crippen LogP contribution in [0.3, 0.4) is 0 Å². The van der Waals surface area contributed by atoms with Crippen LogP contribution in [0.5, 0.6) is 11.5 Å². The maximum absolute atomic E-state index is 13.0. The second kappa shape index (κ2) is 9.52. The van der Waals surface area contributed by atoms with Crippen molar-refractivity contribution < 1.29 is 27.1 Å². The second-order valence-corrected chi connectivity index (χ2v) is 7.83. The summed E-state index contributed by atoms with van der Waals surface area (Å²) >= 11 is 0. The van der Waals surface area contributed by atoms with Crippen molar-refractivity contribution in [2.45, 2.75) is 18.7 Å². The van der Waals surface area contributed by atoms with E-state index in [1.54, 1.807) is 18.2 Å². The van der Waals surface area contributed by atoms with Gasteiger partial charge in [0.25, 0.3) is 0 Å². The molecule has 0 aliphatic carbocycles. The van der Waals surface area contributed by atoms with Crippen LogP contribution >= 0.6 is 0 Å². The van der Waals surface area contributed by atoms with Crippen molar-refractivity contribution in [1.82, 2.24) is 4.31 Å². The molecule has 7 nitrogen and oxygen atoms in total. The molecular formula is C19H23FN2O5S. The van der Waals surface area contributed by atoms with Gasteiger partial charge in [0.1, 0.15) is 17.3 Å². The number of anilines is 1. The van der Waals surface area contributed by atoms with Crippen LogP contribution in [0, 0.1) is 5.82 Å². The highest BCUT2D eigenvalue weighted by molar-refractivity contribution is 7.89. The SMILES string of the molecule is CCOc1ccc(OCC)c(NC(=O)CN(C)S(=O)(=O)c2ccc(F)cc2)c1. The van der Waals surface area contributed by atoms with Crippen molar-refractivity contribution in [3.05, 3.63) is 48.3 Å². The molecule has 0 aliphatic rings. The van der Waals surface area contributed by atoms with Gasteiger partial charge in [0.15, 0.2) is 0 Å². The number of hydrogen-bond acceptors (Lipinski definition) is 5. The first-order valence-electron chi connectivity index (χ1n) is 8.69. The molecule has 0 aliphatic heterocycles. The van der Waals surface area contributed by atoms with E-state index >= 15 is 0 Å². The van der Waals surface area contributed by atoms with Crippen LogP contribution in [0.1, 0.15) is 13.8 Å². The second-order valence-electron chi connectivity index (χ2n) is 5.79. The number of nitrogens with zero attached hydrogens (tertiary/aromatic N) is 1. The minimum absolute atomic E-state index is 0.0995. The molecule has 2 rings (SSSR count). The normalized spacial score (nSPS) is 11.3. The number of carbonyl (C=O) groups excluding carboxylic acids is 1. The van der Waals surface area contributed by atoms with Crippen LogP contribution in [-0.4, -0.2) is 45.4 Å². The number of benzene rings is 2. The standard InChI is InChI=1S/C19H23FN2O5S/c1-4-26-15-8-11-18(27-5-2)17(12-15)21-19(23)13-22(3)28(24,25)16-9-6-14(20)7-10-16/h6-12H,4-5,13H2,1-3H3,(H,21,23). The summed E-state index contributed by atoms with van der Waals surface area (Å²) in [6.45, 7) is 4.08. The molecule has 28 heavy (non-hydrogen) atoms. The summed E-state index contributed by atoms with van der Waals surface area (Å²) in [4.78, 5) is 12.3. The molecule has 0 saturated heterocycles. The van der Waals surface area contributed by atoms with Gasteiger partial charge >= 0.3 is 0 Å². The molecule has 0 unspecified atom stereocenters. The molecule has 0 bridgehead atoms. The van der Waals surface area contributed by atoms with Gasteiger partial charge in [-0.3, -0.25) is 4.79 Å². The average molecular weight is 410 g/mol. The number of halogens is 1. The maximum atomic E-state index is 13.0. The summed E-state index contributed by atoms with van der Waals surface area (Å²) in [5.74, 6) is -0.100. The monoisotopic (exact) mass is 410 g/mol. The van der Waals surface area contributed by atoms with Crippen molar-refractivity contribution in [1.29, 1.82) is 0 Å². The van der Waals surface area contributed by atoms with Crippen LogP contribution in [0.2, 0.25) is 0 Å². The molecule has 152 valence electrons. The Morgan fingerprint density at radius 1 is 1.07 bits per heavy atom. The zero-order valence-corrected chi connectivity index (χ0v) is 16.8. The van der Waals surface area contributed by atoms with Gasteiger partial charge in [0.05, 0.1) is 30.3 Å². The summed E-state index contributed by atoms with van der Waals surface area (Å²) in [7, 11) is -2.65. The van der Waals surface area contributed by atoms with Gasteiger partial charge in [0, 0.05) is 13.1 Å². The highest BCUT2D eigenvalue weighted by atomic mass is 32.2. The van der Waals surface area contributed by atoms with Crippen LogP contribution in [0.4, 0.5) is 10.1 Å². The van der Waals surface area contributed by atoms with E-state index in [0.29, 0.717) is 30.4 Å². The Kier molecular flexibility index (Phi) is 7.36. The van der Waals surface area contributed by atoms with Gasteiger partial charge in [0.2, 0.25) is 15.9 Å². The summed E-state index contributed by atoms with van der Waals surface area (Å²) in [6.07, 6.45) is 0. The van der Waals surface area contributed by atoms with Gasteiger partial charge in [-0.15, -0.1) is 0 Å². The Morgan fingerprint density at radius 3 is 2.32 bits per heavy atom. The molecule has 0 heterocycles. The zero-order valence-electron chi connectivity index (χ0n) is 15.9. The predicted octanol–water partition coefficient (Wildman–Crippen LogP) is 2.88. The molecule has 1 N–H and O–H groups in total. The molecule has 0 atom stereocenters. The predicted molar refractivity (Wildman–Crippen MR) is 104 cm³/mol. The van der Waals surface area contributed by atoms with Crippen LogP contribution < -0.4 is 14.8 Å². The lowest BCUT2D eigenvalue weighted by molar-refractivity contribution is -0.116. The molecule has 1 amide bonds. The number of carbonyl (C=O) groups is 1. The first-order chi connectivity index (χ1) is 13.3. The van der Waals surface area contributed by atoms with E-state index in [1.807, 2.05) is 13.8 Å². The third-order valence-electron chi connectivity index (χ3n) is 3.72. The fourth-order valence-electron chi connectivity index (χ4n) is 2.41. The number of sulfonamides is 1. The number of nitrogens with one attached hydrogen (secondary N) is 1. The van der Waals surface area contributed by atoms with E-state index in [2.05, 4.69) is 5.32 Å². The average Bonchev–Trinajstić information content (AvgIpc) is 2.64. The van der Waals surface area contributed by atoms with E-state index in [9.17, 15) is 17.6 Å². The number of rotatable bonds is 9. The Bertz CT molecular complexity index is 916. The molecule has 0 aromatic heterocycles. The number of amides is 1. The van der Waals surface area contributed by atoms with E-state index in [1.165, 1.54) is 7.05 Å². The van der Waals surface area contributed by atoms with Crippen LogP contribution in [0.15, 0.2) is 47.4 Å². The third kappa shape index (κ3) is 5.43. The lowest BCUT2D eigenvalue weighted by Gasteiger charge is -2.18. The van der Waals surface area contributed by atoms with E-state index < -0.39 is 28.3 Å². The van der Waals surface area contributed by atoms with E-state index in [4.69, 9.17) is 9.47 Å². The topological polar surface area (TPSA) is 84.9 Å². The first kappa shape index (κ1) is 21.6. The van der Waals surface area contributed by atoms with Gasteiger partial charge < -0.3 is 14.8 Å². The summed E-state index contributed by atoms with van der Waals surface area (Å²) in [5, 5.41) is 2.65. The summed E-state index contributed by atoms with van der Waals surface area (Å²) in [6, 6.07) is 9.40. The Balaban J connectivity index is 2.14. The number of hydrogen-bond donors (Lipinski definition) is 1. The van der Waals surface area contributed by atoms with Crippen LogP contribution in [-0.2, 0) is 14.8 Å².